The van der Waals surface area contributed by atoms with E-state index in [-0.39, 0.29) is 30.2 Å². The Balaban J connectivity index is 2.57. The summed E-state index contributed by atoms with van der Waals surface area (Å²) in [7, 11) is 3.00. The summed E-state index contributed by atoms with van der Waals surface area (Å²) in [6.07, 6.45) is 0.134. The van der Waals surface area contributed by atoms with Crippen molar-refractivity contribution in [2.75, 3.05) is 39.4 Å². The Bertz CT molecular complexity index is 488. The molecule has 1 rings (SSSR count). The third-order valence-corrected chi connectivity index (χ3v) is 2.64. The van der Waals surface area contributed by atoms with Gasteiger partial charge in [0.05, 0.1) is 44.6 Å². The van der Waals surface area contributed by atoms with Gasteiger partial charge >= 0.3 is 5.97 Å². The van der Waals surface area contributed by atoms with Crippen molar-refractivity contribution in [3.05, 3.63) is 23.8 Å². The van der Waals surface area contributed by atoms with Crippen LogP contribution in [-0.4, -0.2) is 51.0 Å². The van der Waals surface area contributed by atoms with Gasteiger partial charge in [-0.05, 0) is 18.2 Å². The molecule has 0 aromatic heterocycles. The number of aromatic carboxylic acids is 1. The number of amides is 1. The molecule has 0 spiro atoms. The van der Waals surface area contributed by atoms with E-state index in [2.05, 4.69) is 5.32 Å². The summed E-state index contributed by atoms with van der Waals surface area (Å²) in [5.41, 5.74) is 0.202. The lowest BCUT2D eigenvalue weighted by Crippen LogP contribution is -2.17. The molecule has 0 radical (unpaired) electrons. The van der Waals surface area contributed by atoms with E-state index in [1.165, 1.54) is 19.2 Å². The second-order valence-electron chi connectivity index (χ2n) is 4.12. The molecule has 7 nitrogen and oxygen atoms in total. The first kappa shape index (κ1) is 16.9. The molecule has 0 aliphatic rings. The van der Waals surface area contributed by atoms with E-state index in [1.807, 2.05) is 0 Å². The van der Waals surface area contributed by atoms with Gasteiger partial charge in [-0.1, -0.05) is 0 Å². The third kappa shape index (κ3) is 5.80. The SMILES string of the molecule is COCCOCCC(=O)Nc1ccc(OC)cc1C(=O)O. The van der Waals surface area contributed by atoms with Crippen molar-refractivity contribution in [3.8, 4) is 5.75 Å². The highest BCUT2D eigenvalue weighted by atomic mass is 16.5. The molecule has 0 saturated heterocycles. The number of hydrogen-bond donors (Lipinski definition) is 2. The Morgan fingerprint density at radius 1 is 1.19 bits per heavy atom. The number of rotatable bonds is 9. The van der Waals surface area contributed by atoms with Crippen LogP contribution in [-0.2, 0) is 14.3 Å². The molecule has 21 heavy (non-hydrogen) atoms. The van der Waals surface area contributed by atoms with Crippen LogP contribution >= 0.6 is 0 Å². The number of hydrogen-bond acceptors (Lipinski definition) is 5. The van der Waals surface area contributed by atoms with Crippen LogP contribution in [0.2, 0.25) is 0 Å². The van der Waals surface area contributed by atoms with Crippen molar-refractivity contribution in [1.29, 1.82) is 0 Å². The average Bonchev–Trinajstić information content (AvgIpc) is 2.47. The summed E-state index contributed by atoms with van der Waals surface area (Å²) in [5.74, 6) is -1.05. The predicted molar refractivity (Wildman–Crippen MR) is 75.9 cm³/mol. The van der Waals surface area contributed by atoms with Crippen LogP contribution in [0.3, 0.4) is 0 Å². The number of nitrogens with one attached hydrogen (secondary N) is 1. The molecule has 1 aromatic carbocycles. The third-order valence-electron chi connectivity index (χ3n) is 2.64. The molecule has 0 unspecified atom stereocenters. The smallest absolute Gasteiger partial charge is 0.337 e. The van der Waals surface area contributed by atoms with E-state index in [0.29, 0.717) is 19.0 Å². The van der Waals surface area contributed by atoms with E-state index < -0.39 is 5.97 Å². The predicted octanol–water partition coefficient (Wildman–Crippen LogP) is 1.38. The number of carbonyl (C=O) groups is 2. The number of ether oxygens (including phenoxy) is 3. The summed E-state index contributed by atoms with van der Waals surface area (Å²) < 4.78 is 14.9. The monoisotopic (exact) mass is 297 g/mol. The summed E-state index contributed by atoms with van der Waals surface area (Å²) in [4.78, 5) is 22.9. The van der Waals surface area contributed by atoms with Gasteiger partial charge in [-0.2, -0.15) is 0 Å². The van der Waals surface area contributed by atoms with Crippen molar-refractivity contribution in [2.45, 2.75) is 6.42 Å². The van der Waals surface area contributed by atoms with Crippen molar-refractivity contribution < 1.29 is 28.9 Å². The first-order valence-electron chi connectivity index (χ1n) is 6.36. The fraction of sp³-hybridized carbons (Fsp3) is 0.429. The zero-order chi connectivity index (χ0) is 15.7. The van der Waals surface area contributed by atoms with E-state index >= 15 is 0 Å². The van der Waals surface area contributed by atoms with Crippen molar-refractivity contribution in [3.63, 3.8) is 0 Å². The molecule has 0 fully saturated rings. The molecule has 1 aromatic rings. The summed E-state index contributed by atoms with van der Waals surface area (Å²) in [6, 6.07) is 4.43. The number of methoxy groups -OCH3 is 2. The maximum absolute atomic E-state index is 11.7. The van der Waals surface area contributed by atoms with E-state index in [1.54, 1.807) is 13.2 Å². The maximum Gasteiger partial charge on any atom is 0.337 e. The van der Waals surface area contributed by atoms with Crippen LogP contribution in [0.5, 0.6) is 5.75 Å². The first-order chi connectivity index (χ1) is 10.1. The number of anilines is 1. The fourth-order valence-corrected chi connectivity index (χ4v) is 1.56. The topological polar surface area (TPSA) is 94.1 Å². The van der Waals surface area contributed by atoms with Gasteiger partial charge < -0.3 is 24.6 Å². The fourth-order valence-electron chi connectivity index (χ4n) is 1.56. The average molecular weight is 297 g/mol. The number of carboxylic acid groups (broad SMARTS) is 1. The zero-order valence-electron chi connectivity index (χ0n) is 12.0. The zero-order valence-corrected chi connectivity index (χ0v) is 12.0. The Kier molecular flexibility index (Phi) is 7.20. The normalized spacial score (nSPS) is 10.2. The Hall–Kier alpha value is -2.12. The number of carbonyl (C=O) groups excluding carboxylic acids is 1. The minimum Gasteiger partial charge on any atom is -0.497 e. The van der Waals surface area contributed by atoms with Crippen LogP contribution in [0.1, 0.15) is 16.8 Å². The molecular weight excluding hydrogens is 278 g/mol. The maximum atomic E-state index is 11.7. The largest absolute Gasteiger partial charge is 0.497 e. The van der Waals surface area contributed by atoms with Crippen LogP contribution in [0.25, 0.3) is 0 Å². The highest BCUT2D eigenvalue weighted by molar-refractivity contribution is 6.00. The summed E-state index contributed by atoms with van der Waals surface area (Å²) >= 11 is 0. The van der Waals surface area contributed by atoms with Crippen molar-refractivity contribution in [1.82, 2.24) is 0 Å². The number of benzene rings is 1. The molecule has 7 heteroatoms. The quantitative estimate of drug-likeness (QED) is 0.669. The minimum atomic E-state index is -1.14. The van der Waals surface area contributed by atoms with Gasteiger partial charge in [0.1, 0.15) is 5.75 Å². The lowest BCUT2D eigenvalue weighted by atomic mass is 10.1. The molecule has 0 saturated carbocycles. The summed E-state index contributed by atoms with van der Waals surface area (Å²) in [6.45, 7) is 1.11. The highest BCUT2D eigenvalue weighted by Crippen LogP contribution is 2.22. The van der Waals surface area contributed by atoms with Gasteiger partial charge in [0.25, 0.3) is 0 Å². The van der Waals surface area contributed by atoms with Crippen molar-refractivity contribution in [2.24, 2.45) is 0 Å². The molecule has 2 N–H and O–H groups in total. The molecule has 0 heterocycles. The minimum absolute atomic E-state index is 0.0250. The number of carboxylic acids is 1. The van der Waals surface area contributed by atoms with E-state index in [9.17, 15) is 9.59 Å². The molecular formula is C14H19NO6. The molecule has 0 aliphatic carbocycles. The molecule has 0 aliphatic heterocycles. The van der Waals surface area contributed by atoms with Crippen LogP contribution in [0.4, 0.5) is 5.69 Å². The Morgan fingerprint density at radius 2 is 1.95 bits per heavy atom. The molecule has 0 bridgehead atoms. The second-order valence-corrected chi connectivity index (χ2v) is 4.12. The lowest BCUT2D eigenvalue weighted by Gasteiger charge is -2.10. The standard InChI is InChI=1S/C14H19NO6/c1-19-7-8-21-6-5-13(16)15-12-4-3-10(20-2)9-11(12)14(17)18/h3-4,9H,5-8H2,1-2H3,(H,15,16)(H,17,18). The van der Waals surface area contributed by atoms with E-state index in [4.69, 9.17) is 19.3 Å². The summed E-state index contributed by atoms with van der Waals surface area (Å²) in [5, 5.41) is 11.7. The van der Waals surface area contributed by atoms with Gasteiger partial charge in [0, 0.05) is 7.11 Å². The lowest BCUT2D eigenvalue weighted by molar-refractivity contribution is -0.117. The van der Waals surface area contributed by atoms with Crippen LogP contribution in [0.15, 0.2) is 18.2 Å². The van der Waals surface area contributed by atoms with Crippen LogP contribution in [0, 0.1) is 0 Å². The highest BCUT2D eigenvalue weighted by Gasteiger charge is 2.13. The van der Waals surface area contributed by atoms with Gasteiger partial charge in [0.15, 0.2) is 0 Å². The Morgan fingerprint density at radius 3 is 2.57 bits per heavy atom. The molecule has 116 valence electrons. The van der Waals surface area contributed by atoms with Gasteiger partial charge in [0.2, 0.25) is 5.91 Å². The van der Waals surface area contributed by atoms with Gasteiger partial charge in [-0.3, -0.25) is 4.79 Å². The second kappa shape index (κ2) is 8.93. The van der Waals surface area contributed by atoms with Crippen molar-refractivity contribution >= 4 is 17.6 Å². The van der Waals surface area contributed by atoms with E-state index in [0.717, 1.165) is 0 Å². The first-order valence-corrected chi connectivity index (χ1v) is 6.36. The van der Waals surface area contributed by atoms with Gasteiger partial charge in [-0.15, -0.1) is 0 Å². The molecule has 1 amide bonds. The Labute approximate surface area is 122 Å². The van der Waals surface area contributed by atoms with Gasteiger partial charge in [-0.25, -0.2) is 4.79 Å². The van der Waals surface area contributed by atoms with Crippen LogP contribution < -0.4 is 10.1 Å². The molecule has 0 atom stereocenters.